The molecule has 0 bridgehead atoms. The van der Waals surface area contributed by atoms with Gasteiger partial charge in [-0.1, -0.05) is 200 Å². The molecule has 0 heterocycles. The smallest absolute Gasteiger partial charge is 0.434 e. The molecule has 0 rings (SSSR count). The van der Waals surface area contributed by atoms with Gasteiger partial charge in [-0.05, 0) is 44.4 Å². The zero-order valence-corrected chi connectivity index (χ0v) is 30.5. The topological polar surface area (TPSA) is 35.5 Å². The molecule has 0 saturated heterocycles. The van der Waals surface area contributed by atoms with Crippen LogP contribution in [0.5, 0.6) is 0 Å². The van der Waals surface area contributed by atoms with Crippen molar-refractivity contribution in [3.05, 3.63) is 12.2 Å². The Kier molecular flexibility index (Phi) is 37.3. The Labute approximate surface area is 277 Å². The molecule has 0 amide bonds. The van der Waals surface area contributed by atoms with Crippen molar-refractivity contribution in [2.45, 2.75) is 226 Å². The van der Waals surface area contributed by atoms with Crippen LogP contribution >= 0.6 is 0 Å². The molecule has 0 atom stereocenters. The maximum Gasteiger partial charge on any atom is 0.508 e. The lowest BCUT2D eigenvalue weighted by atomic mass is 10.0. The van der Waals surface area contributed by atoms with Crippen molar-refractivity contribution in [1.82, 2.24) is 0 Å². The molecule has 3 heteroatoms. The first-order chi connectivity index (χ1) is 21.7. The Morgan fingerprint density at radius 2 is 0.727 bits per heavy atom. The molecule has 44 heavy (non-hydrogen) atoms. The zero-order chi connectivity index (χ0) is 32.0. The van der Waals surface area contributed by atoms with E-state index in [2.05, 4.69) is 32.9 Å². The normalized spacial score (nSPS) is 11.6. The minimum absolute atomic E-state index is 0.474. The van der Waals surface area contributed by atoms with E-state index in [0.29, 0.717) is 13.2 Å². The molecule has 0 radical (unpaired) electrons. The van der Waals surface area contributed by atoms with E-state index in [1.807, 2.05) is 0 Å². The van der Waals surface area contributed by atoms with Crippen molar-refractivity contribution >= 4 is 6.16 Å². The van der Waals surface area contributed by atoms with Crippen molar-refractivity contribution in [3.63, 3.8) is 0 Å². The molecule has 262 valence electrons. The van der Waals surface area contributed by atoms with Crippen molar-refractivity contribution in [3.8, 4) is 0 Å². The van der Waals surface area contributed by atoms with Gasteiger partial charge in [-0.2, -0.15) is 0 Å². The highest BCUT2D eigenvalue weighted by Gasteiger charge is 2.03. The van der Waals surface area contributed by atoms with E-state index in [4.69, 9.17) is 9.47 Å². The number of allylic oxidation sites excluding steroid dienone is 2. The summed E-state index contributed by atoms with van der Waals surface area (Å²) < 4.78 is 10.5. The van der Waals surface area contributed by atoms with Gasteiger partial charge in [0.05, 0.1) is 13.2 Å². The summed E-state index contributed by atoms with van der Waals surface area (Å²) in [6, 6.07) is 0. The average Bonchev–Trinajstić information content (AvgIpc) is 3.01. The summed E-state index contributed by atoms with van der Waals surface area (Å²) in [5.41, 5.74) is 0. The number of carbonyl (C=O) groups is 1. The molecule has 0 N–H and O–H groups in total. The van der Waals surface area contributed by atoms with E-state index in [0.717, 1.165) is 31.6 Å². The Hall–Kier alpha value is -0.990. The molecule has 0 aliphatic carbocycles. The van der Waals surface area contributed by atoms with Gasteiger partial charge in [-0.25, -0.2) is 4.79 Å². The van der Waals surface area contributed by atoms with Crippen molar-refractivity contribution in [1.29, 1.82) is 0 Å². The molecule has 0 aliphatic heterocycles. The first-order valence-electron chi connectivity index (χ1n) is 20.1. The van der Waals surface area contributed by atoms with Crippen LogP contribution in [0.15, 0.2) is 12.2 Å². The van der Waals surface area contributed by atoms with E-state index < -0.39 is 6.16 Å². The fourth-order valence-electron chi connectivity index (χ4n) is 6.01. The SMILES string of the molecule is CCCCCCCC/C=C\CCCCCCCCCCCCOC(=O)OCCCCCCCCCCCCCCCC(C)C. The lowest BCUT2D eigenvalue weighted by Gasteiger charge is -2.07. The summed E-state index contributed by atoms with van der Waals surface area (Å²) in [6.07, 6.45) is 46.9. The maximum absolute atomic E-state index is 11.8. The van der Waals surface area contributed by atoms with E-state index in [1.165, 1.54) is 180 Å². The highest BCUT2D eigenvalue weighted by Crippen LogP contribution is 2.15. The molecule has 3 nitrogen and oxygen atoms in total. The minimum Gasteiger partial charge on any atom is -0.434 e. The molecule has 0 saturated carbocycles. The van der Waals surface area contributed by atoms with Crippen LogP contribution < -0.4 is 0 Å². The Bertz CT molecular complexity index is 570. The lowest BCUT2D eigenvalue weighted by Crippen LogP contribution is -2.09. The van der Waals surface area contributed by atoms with Crippen LogP contribution in [0.25, 0.3) is 0 Å². The van der Waals surface area contributed by atoms with Crippen LogP contribution in [-0.4, -0.2) is 19.4 Å². The highest BCUT2D eigenvalue weighted by molar-refractivity contribution is 5.59. The minimum atomic E-state index is -0.474. The van der Waals surface area contributed by atoms with E-state index >= 15 is 0 Å². The Balaban J connectivity index is 3.18. The predicted molar refractivity (Wildman–Crippen MR) is 195 cm³/mol. The molecule has 0 aliphatic rings. The number of rotatable bonds is 36. The largest absolute Gasteiger partial charge is 0.508 e. The van der Waals surface area contributed by atoms with Crippen LogP contribution in [0.1, 0.15) is 226 Å². The Morgan fingerprint density at radius 3 is 1.07 bits per heavy atom. The zero-order valence-electron chi connectivity index (χ0n) is 30.5. The third-order valence-electron chi connectivity index (χ3n) is 9.02. The number of ether oxygens (including phenoxy) is 2. The Morgan fingerprint density at radius 1 is 0.432 bits per heavy atom. The van der Waals surface area contributed by atoms with Crippen molar-refractivity contribution in [2.24, 2.45) is 5.92 Å². The third-order valence-corrected chi connectivity index (χ3v) is 9.02. The van der Waals surface area contributed by atoms with Gasteiger partial charge >= 0.3 is 6.16 Å². The van der Waals surface area contributed by atoms with Crippen LogP contribution in [0.3, 0.4) is 0 Å². The van der Waals surface area contributed by atoms with Gasteiger partial charge < -0.3 is 9.47 Å². The van der Waals surface area contributed by atoms with E-state index in [-0.39, 0.29) is 0 Å². The highest BCUT2D eigenvalue weighted by atomic mass is 16.7. The van der Waals surface area contributed by atoms with Crippen LogP contribution in [-0.2, 0) is 9.47 Å². The molecule has 0 fully saturated rings. The number of hydrogen-bond acceptors (Lipinski definition) is 3. The fourth-order valence-corrected chi connectivity index (χ4v) is 6.01. The van der Waals surface area contributed by atoms with Gasteiger partial charge in [0.1, 0.15) is 0 Å². The summed E-state index contributed by atoms with van der Waals surface area (Å²) in [5, 5.41) is 0. The summed E-state index contributed by atoms with van der Waals surface area (Å²) in [6.45, 7) is 7.95. The summed E-state index contributed by atoms with van der Waals surface area (Å²) in [4.78, 5) is 11.8. The molecule has 0 aromatic carbocycles. The summed E-state index contributed by atoms with van der Waals surface area (Å²) in [7, 11) is 0. The first-order valence-corrected chi connectivity index (χ1v) is 20.1. The summed E-state index contributed by atoms with van der Waals surface area (Å²) in [5.74, 6) is 0.867. The molecule has 0 aromatic rings. The molecule has 0 unspecified atom stereocenters. The van der Waals surface area contributed by atoms with E-state index in [9.17, 15) is 4.79 Å². The van der Waals surface area contributed by atoms with Crippen LogP contribution in [0, 0.1) is 5.92 Å². The fraction of sp³-hybridized carbons (Fsp3) is 0.927. The third kappa shape index (κ3) is 39.0. The number of unbranched alkanes of at least 4 members (excludes halogenated alkanes) is 28. The van der Waals surface area contributed by atoms with E-state index in [1.54, 1.807) is 0 Å². The number of carbonyl (C=O) groups excluding carboxylic acids is 1. The van der Waals surface area contributed by atoms with Gasteiger partial charge in [-0.15, -0.1) is 0 Å². The number of hydrogen-bond donors (Lipinski definition) is 0. The average molecular weight is 621 g/mol. The molecule has 0 spiro atoms. The standard InChI is InChI=1S/C41H80O3/c1-4-5-6-7-8-9-10-11-12-13-14-15-16-17-20-23-26-29-32-35-38-43-41(42)44-39-36-33-30-27-24-21-18-19-22-25-28-31-34-37-40(2)3/h11-12,40H,4-10,13-39H2,1-3H3/b12-11-. The van der Waals surface area contributed by atoms with Crippen molar-refractivity contribution in [2.75, 3.05) is 13.2 Å². The monoisotopic (exact) mass is 621 g/mol. The predicted octanol–water partition coefficient (Wildman–Crippen LogP) is 14.9. The second-order valence-electron chi connectivity index (χ2n) is 14.1. The second kappa shape index (κ2) is 38.2. The quantitative estimate of drug-likeness (QED) is 0.0397. The van der Waals surface area contributed by atoms with Gasteiger partial charge in [0.2, 0.25) is 0 Å². The van der Waals surface area contributed by atoms with Gasteiger partial charge in [-0.3, -0.25) is 0 Å². The molecular formula is C41H80O3. The first kappa shape index (κ1) is 43.0. The molecule has 0 aromatic heterocycles. The van der Waals surface area contributed by atoms with Gasteiger partial charge in [0, 0.05) is 0 Å². The maximum atomic E-state index is 11.8. The van der Waals surface area contributed by atoms with Gasteiger partial charge in [0.25, 0.3) is 0 Å². The second-order valence-corrected chi connectivity index (χ2v) is 14.1. The van der Waals surface area contributed by atoms with Crippen LogP contribution in [0.2, 0.25) is 0 Å². The van der Waals surface area contributed by atoms with Gasteiger partial charge in [0.15, 0.2) is 0 Å². The summed E-state index contributed by atoms with van der Waals surface area (Å²) >= 11 is 0. The van der Waals surface area contributed by atoms with Crippen molar-refractivity contribution < 1.29 is 14.3 Å². The lowest BCUT2D eigenvalue weighted by molar-refractivity contribution is 0.0529. The molecular weight excluding hydrogens is 540 g/mol. The van der Waals surface area contributed by atoms with Crippen LogP contribution in [0.4, 0.5) is 4.79 Å².